The van der Waals surface area contributed by atoms with Crippen molar-refractivity contribution >= 4 is 23.9 Å². The molecule has 20 heavy (non-hydrogen) atoms. The molecule has 1 heterocycles. The zero-order valence-electron chi connectivity index (χ0n) is 11.6. The topological polar surface area (TPSA) is 57.6 Å². The average molecular weight is 525 g/mol. The standard InChI is InChI=1S/C14H21ClNO3.U/c15-12-8-10-16(9-5-11-17)13(12)6-3-1-2-4-7-14(18)19;/h1,3,12-13H,2,4-10H2,(H,18,19);/q-1;/b3-1-;/t12-,13+;/m1./s1. The van der Waals surface area contributed by atoms with Crippen LogP contribution in [-0.2, 0) is 9.59 Å². The third-order valence-electron chi connectivity index (χ3n) is 3.39. The molecule has 1 fully saturated rings. The second-order valence-electron chi connectivity index (χ2n) is 4.80. The number of allylic oxidation sites excluding steroid dienone is 1. The number of carbonyl (C=O) groups is 1. The summed E-state index contributed by atoms with van der Waals surface area (Å²) in [6.45, 7) is 1.66. The van der Waals surface area contributed by atoms with Gasteiger partial charge in [0.25, 0.3) is 0 Å². The minimum absolute atomic E-state index is 0. The minimum atomic E-state index is -0.749. The first-order chi connectivity index (χ1) is 9.15. The Labute approximate surface area is 149 Å². The Hall–Kier alpha value is 0.182. The number of alkyl halides is 1. The Bertz CT molecular complexity index is 326. The van der Waals surface area contributed by atoms with Crippen molar-refractivity contribution in [2.75, 3.05) is 13.1 Å². The number of carboxylic acid groups (broad SMARTS) is 1. The van der Waals surface area contributed by atoms with Crippen molar-refractivity contribution in [1.82, 2.24) is 4.90 Å². The third-order valence-corrected chi connectivity index (χ3v) is 3.89. The average Bonchev–Trinajstić information content (AvgIpc) is 2.72. The van der Waals surface area contributed by atoms with E-state index in [1.807, 2.05) is 12.4 Å². The van der Waals surface area contributed by atoms with Gasteiger partial charge in [0.1, 0.15) is 0 Å². The number of nitrogens with zero attached hydrogens (tertiary/aromatic N) is 1. The Balaban J connectivity index is 0.00000361. The fourth-order valence-corrected chi connectivity index (χ4v) is 2.72. The molecule has 1 aliphatic heterocycles. The first-order valence-electron chi connectivity index (χ1n) is 6.75. The monoisotopic (exact) mass is 524 g/mol. The van der Waals surface area contributed by atoms with Crippen LogP contribution in [0.5, 0.6) is 0 Å². The number of halogens is 1. The van der Waals surface area contributed by atoms with Crippen LogP contribution in [0.1, 0.15) is 38.5 Å². The van der Waals surface area contributed by atoms with Crippen molar-refractivity contribution in [2.45, 2.75) is 49.9 Å². The number of carboxylic acids is 1. The molecule has 0 aromatic rings. The molecule has 0 aromatic heterocycles. The molecule has 0 saturated carbocycles. The number of carbonyl (C=O) groups excluding carboxylic acids is 1. The molecule has 6 heteroatoms. The van der Waals surface area contributed by atoms with E-state index in [2.05, 4.69) is 11.0 Å². The minimum Gasteiger partial charge on any atom is -0.542 e. The summed E-state index contributed by atoms with van der Waals surface area (Å²) in [5.74, 6) is -0.749. The van der Waals surface area contributed by atoms with Gasteiger partial charge in [-0.3, -0.25) is 11.1 Å². The Morgan fingerprint density at radius 1 is 1.45 bits per heavy atom. The predicted molar refractivity (Wildman–Crippen MR) is 75.2 cm³/mol. The molecule has 4 nitrogen and oxygen atoms in total. The number of rotatable bonds is 9. The van der Waals surface area contributed by atoms with Crippen LogP contribution >= 0.6 is 11.6 Å². The van der Waals surface area contributed by atoms with E-state index in [-0.39, 0.29) is 49.0 Å². The van der Waals surface area contributed by atoms with Crippen LogP contribution in [0.25, 0.3) is 0 Å². The van der Waals surface area contributed by atoms with Crippen LogP contribution in [0.15, 0.2) is 12.2 Å². The molecular weight excluding hydrogens is 504 g/mol. The van der Waals surface area contributed by atoms with Gasteiger partial charge in [0.15, 0.2) is 0 Å². The number of unbranched alkanes of at least 4 members (excludes halogenated alkanes) is 1. The Morgan fingerprint density at radius 3 is 2.85 bits per heavy atom. The quantitative estimate of drug-likeness (QED) is 0.218. The van der Waals surface area contributed by atoms with Gasteiger partial charge in [0.2, 0.25) is 0 Å². The van der Waals surface area contributed by atoms with Crippen molar-refractivity contribution in [3.63, 3.8) is 0 Å². The van der Waals surface area contributed by atoms with E-state index in [1.165, 1.54) is 0 Å². The fourth-order valence-electron chi connectivity index (χ4n) is 2.36. The summed E-state index contributed by atoms with van der Waals surface area (Å²) in [5, 5.41) is 8.65. The SMILES string of the molecule is O=[C-]CCN1CC[C@@H](Cl)[C@@H]1C/C=C\CCCC(=O)O.[U]. The summed E-state index contributed by atoms with van der Waals surface area (Å²) in [7, 11) is 0. The molecule has 1 N–H and O–H groups in total. The second-order valence-corrected chi connectivity index (χ2v) is 5.36. The van der Waals surface area contributed by atoms with Gasteiger partial charge in [-0.1, -0.05) is 12.2 Å². The molecule has 0 bridgehead atoms. The number of hydrogen-bond donors (Lipinski definition) is 1. The van der Waals surface area contributed by atoms with Crippen molar-refractivity contribution in [1.29, 1.82) is 0 Å². The maximum absolute atomic E-state index is 10.3. The molecule has 112 valence electrons. The van der Waals surface area contributed by atoms with E-state index in [1.54, 1.807) is 0 Å². The zero-order chi connectivity index (χ0) is 14.1. The van der Waals surface area contributed by atoms with Gasteiger partial charge < -0.3 is 14.8 Å². The van der Waals surface area contributed by atoms with Crippen LogP contribution in [0.2, 0.25) is 0 Å². The molecule has 1 rings (SSSR count). The summed E-state index contributed by atoms with van der Waals surface area (Å²) in [6.07, 6.45) is 9.94. The predicted octanol–water partition coefficient (Wildman–Crippen LogP) is 2.37. The maximum Gasteiger partial charge on any atom is 0.303 e. The molecule has 0 aromatic carbocycles. The van der Waals surface area contributed by atoms with Gasteiger partial charge in [0.05, 0.1) is 5.38 Å². The van der Waals surface area contributed by atoms with E-state index >= 15 is 0 Å². The summed E-state index contributed by atoms with van der Waals surface area (Å²) in [4.78, 5) is 22.9. The summed E-state index contributed by atoms with van der Waals surface area (Å²) < 4.78 is 0. The van der Waals surface area contributed by atoms with Crippen LogP contribution in [0, 0.1) is 31.1 Å². The van der Waals surface area contributed by atoms with Crippen molar-refractivity contribution in [3.05, 3.63) is 12.2 Å². The molecular formula is C14H21ClNO3U-. The van der Waals surface area contributed by atoms with Crippen molar-refractivity contribution in [3.8, 4) is 0 Å². The van der Waals surface area contributed by atoms with Gasteiger partial charge in [0, 0.05) is 43.6 Å². The summed E-state index contributed by atoms with van der Waals surface area (Å²) >= 11 is 6.28. The second kappa shape index (κ2) is 11.8. The fraction of sp³-hybridized carbons (Fsp3) is 0.714. The summed E-state index contributed by atoms with van der Waals surface area (Å²) in [6, 6.07) is 0.283. The van der Waals surface area contributed by atoms with E-state index in [0.29, 0.717) is 12.8 Å². The van der Waals surface area contributed by atoms with Crippen LogP contribution in [-0.4, -0.2) is 46.8 Å². The van der Waals surface area contributed by atoms with Gasteiger partial charge in [-0.25, -0.2) is 0 Å². The molecule has 2 atom stereocenters. The molecule has 0 radical (unpaired) electrons. The molecule has 1 saturated heterocycles. The van der Waals surface area contributed by atoms with Gasteiger partial charge in [-0.2, -0.15) is 0 Å². The summed E-state index contributed by atoms with van der Waals surface area (Å²) in [5.41, 5.74) is 0. The first-order valence-corrected chi connectivity index (χ1v) is 7.18. The van der Waals surface area contributed by atoms with Crippen LogP contribution in [0.4, 0.5) is 0 Å². The molecule has 0 spiro atoms. The molecule has 0 unspecified atom stereocenters. The van der Waals surface area contributed by atoms with Gasteiger partial charge >= 0.3 is 5.97 Å². The van der Waals surface area contributed by atoms with E-state index in [9.17, 15) is 9.59 Å². The zero-order valence-corrected chi connectivity index (χ0v) is 16.5. The van der Waals surface area contributed by atoms with Crippen molar-refractivity contribution in [2.24, 2.45) is 0 Å². The molecule has 1 aliphatic rings. The van der Waals surface area contributed by atoms with Crippen molar-refractivity contribution < 1.29 is 45.8 Å². The maximum atomic E-state index is 10.3. The van der Waals surface area contributed by atoms with Gasteiger partial charge in [-0.05, 0) is 38.8 Å². The number of hydrogen-bond acceptors (Lipinski definition) is 3. The Kier molecular flexibility index (Phi) is 11.9. The smallest absolute Gasteiger partial charge is 0.303 e. The number of aliphatic carboxylic acids is 1. The van der Waals surface area contributed by atoms with Gasteiger partial charge in [-0.15, -0.1) is 18.0 Å². The van der Waals surface area contributed by atoms with Crippen LogP contribution < -0.4 is 0 Å². The van der Waals surface area contributed by atoms with Crippen LogP contribution in [0.3, 0.4) is 0 Å². The normalized spacial score (nSPS) is 22.9. The van der Waals surface area contributed by atoms with E-state index < -0.39 is 5.97 Å². The Morgan fingerprint density at radius 2 is 2.20 bits per heavy atom. The van der Waals surface area contributed by atoms with E-state index in [0.717, 1.165) is 32.4 Å². The third kappa shape index (κ3) is 7.83. The molecule has 0 amide bonds. The molecule has 0 aliphatic carbocycles. The number of likely N-dealkylation sites (tertiary alicyclic amines) is 1. The first kappa shape index (κ1) is 20.2. The largest absolute Gasteiger partial charge is 0.542 e. The van der Waals surface area contributed by atoms with E-state index in [4.69, 9.17) is 16.7 Å².